The zero-order valence-electron chi connectivity index (χ0n) is 10.9. The van der Waals surface area contributed by atoms with E-state index >= 15 is 0 Å². The number of nitrogens with zero attached hydrogens (tertiary/aromatic N) is 1. The molecule has 106 valence electrons. The summed E-state index contributed by atoms with van der Waals surface area (Å²) in [6.07, 6.45) is 0.214. The Morgan fingerprint density at radius 1 is 1.19 bits per heavy atom. The van der Waals surface area contributed by atoms with Crippen LogP contribution < -0.4 is 10.7 Å². The van der Waals surface area contributed by atoms with E-state index < -0.39 is 0 Å². The van der Waals surface area contributed by atoms with E-state index in [-0.39, 0.29) is 23.6 Å². The number of rotatable bonds is 3. The SMILES string of the molecule is O=C(CCCl)Nc1ccc2sc3ccccc3c(=O)c2n1. The number of halogens is 1. The van der Waals surface area contributed by atoms with Gasteiger partial charge < -0.3 is 5.32 Å². The molecule has 3 aromatic rings. The van der Waals surface area contributed by atoms with Crippen molar-refractivity contribution in [2.75, 3.05) is 11.2 Å². The number of aromatic nitrogens is 1. The zero-order valence-corrected chi connectivity index (χ0v) is 12.5. The summed E-state index contributed by atoms with van der Waals surface area (Å²) in [7, 11) is 0. The van der Waals surface area contributed by atoms with Gasteiger partial charge in [0.05, 0.1) is 4.70 Å². The van der Waals surface area contributed by atoms with Gasteiger partial charge in [0.2, 0.25) is 11.3 Å². The maximum Gasteiger partial charge on any atom is 0.226 e. The van der Waals surface area contributed by atoms with E-state index in [0.717, 1.165) is 9.40 Å². The number of carbonyl (C=O) groups excluding carboxylic acids is 1. The highest BCUT2D eigenvalue weighted by Crippen LogP contribution is 2.24. The van der Waals surface area contributed by atoms with Crippen LogP contribution in [0.4, 0.5) is 5.82 Å². The second-order valence-electron chi connectivity index (χ2n) is 4.46. The third-order valence-electron chi connectivity index (χ3n) is 3.01. The van der Waals surface area contributed by atoms with Crippen LogP contribution in [0, 0.1) is 0 Å². The molecule has 0 atom stereocenters. The first kappa shape index (κ1) is 14.0. The molecular formula is C15H11ClN2O2S. The number of alkyl halides is 1. The van der Waals surface area contributed by atoms with Crippen molar-refractivity contribution in [1.29, 1.82) is 0 Å². The first-order valence-corrected chi connectivity index (χ1v) is 7.72. The fourth-order valence-electron chi connectivity index (χ4n) is 2.04. The summed E-state index contributed by atoms with van der Waals surface area (Å²) in [5.41, 5.74) is 0.259. The van der Waals surface area contributed by atoms with Crippen molar-refractivity contribution in [3.05, 3.63) is 46.6 Å². The number of pyridine rings is 1. The number of hydrogen-bond donors (Lipinski definition) is 1. The molecule has 4 nitrogen and oxygen atoms in total. The van der Waals surface area contributed by atoms with Crippen LogP contribution in [0.5, 0.6) is 0 Å². The van der Waals surface area contributed by atoms with Crippen LogP contribution in [0.1, 0.15) is 6.42 Å². The highest BCUT2D eigenvalue weighted by molar-refractivity contribution is 7.24. The summed E-state index contributed by atoms with van der Waals surface area (Å²) in [5.74, 6) is 0.407. The second-order valence-corrected chi connectivity index (χ2v) is 5.92. The summed E-state index contributed by atoms with van der Waals surface area (Å²) in [6.45, 7) is 0. The quantitative estimate of drug-likeness (QED) is 0.595. The molecule has 1 amide bonds. The molecule has 0 aliphatic carbocycles. The van der Waals surface area contributed by atoms with Gasteiger partial charge in [0.25, 0.3) is 0 Å². The van der Waals surface area contributed by atoms with Crippen molar-refractivity contribution < 1.29 is 4.79 Å². The van der Waals surface area contributed by atoms with Crippen LogP contribution in [-0.2, 0) is 4.79 Å². The predicted molar refractivity (Wildman–Crippen MR) is 87.4 cm³/mol. The first-order chi connectivity index (χ1) is 10.2. The van der Waals surface area contributed by atoms with Crippen LogP contribution in [-0.4, -0.2) is 16.8 Å². The summed E-state index contributed by atoms with van der Waals surface area (Å²) < 4.78 is 1.73. The van der Waals surface area contributed by atoms with Crippen LogP contribution in [0.15, 0.2) is 41.2 Å². The topological polar surface area (TPSA) is 59.1 Å². The van der Waals surface area contributed by atoms with Crippen LogP contribution >= 0.6 is 22.9 Å². The Morgan fingerprint density at radius 3 is 2.81 bits per heavy atom. The average molecular weight is 319 g/mol. The second kappa shape index (κ2) is 5.79. The minimum absolute atomic E-state index is 0.118. The molecule has 0 unspecified atom stereocenters. The van der Waals surface area contributed by atoms with Gasteiger partial charge >= 0.3 is 0 Å². The zero-order chi connectivity index (χ0) is 14.8. The molecule has 1 aromatic carbocycles. The van der Waals surface area contributed by atoms with Gasteiger partial charge in [-0.2, -0.15) is 0 Å². The molecule has 0 aliphatic rings. The Balaban J connectivity index is 2.12. The maximum absolute atomic E-state index is 12.5. The lowest BCUT2D eigenvalue weighted by atomic mass is 10.2. The number of anilines is 1. The molecule has 2 heterocycles. The van der Waals surface area contributed by atoms with Gasteiger partial charge in [0, 0.05) is 22.4 Å². The Hall–Kier alpha value is -1.98. The number of amides is 1. The lowest BCUT2D eigenvalue weighted by Gasteiger charge is -2.05. The largest absolute Gasteiger partial charge is 0.311 e. The monoisotopic (exact) mass is 318 g/mol. The molecule has 2 aromatic heterocycles. The Kier molecular flexibility index (Phi) is 3.86. The van der Waals surface area contributed by atoms with Gasteiger partial charge in [-0.3, -0.25) is 9.59 Å². The van der Waals surface area contributed by atoms with Crippen molar-refractivity contribution in [3.63, 3.8) is 0 Å². The summed E-state index contributed by atoms with van der Waals surface area (Å²) in [5, 5.41) is 3.29. The molecule has 0 radical (unpaired) electrons. The molecule has 1 N–H and O–H groups in total. The molecule has 0 spiro atoms. The molecule has 21 heavy (non-hydrogen) atoms. The van der Waals surface area contributed by atoms with Crippen LogP contribution in [0.2, 0.25) is 0 Å². The highest BCUT2D eigenvalue weighted by atomic mass is 35.5. The Labute approximate surface area is 129 Å². The summed E-state index contributed by atoms with van der Waals surface area (Å²) in [4.78, 5) is 28.3. The number of fused-ring (bicyclic) bond motifs is 2. The van der Waals surface area contributed by atoms with Gasteiger partial charge in [-0.15, -0.1) is 22.9 Å². The van der Waals surface area contributed by atoms with E-state index in [9.17, 15) is 9.59 Å². The number of hydrogen-bond acceptors (Lipinski definition) is 4. The minimum Gasteiger partial charge on any atom is -0.311 e. The number of carbonyl (C=O) groups is 1. The molecule has 0 aliphatic heterocycles. The fraction of sp³-hybridized carbons (Fsp3) is 0.133. The predicted octanol–water partition coefficient (Wildman–Crippen LogP) is 3.38. The van der Waals surface area contributed by atoms with Crippen LogP contribution in [0.25, 0.3) is 20.3 Å². The van der Waals surface area contributed by atoms with Gasteiger partial charge in [-0.05, 0) is 24.3 Å². The summed E-state index contributed by atoms with van der Waals surface area (Å²) >= 11 is 7.03. The molecule has 6 heteroatoms. The van der Waals surface area contributed by atoms with E-state index in [1.807, 2.05) is 18.2 Å². The number of nitrogens with one attached hydrogen (secondary N) is 1. The van der Waals surface area contributed by atoms with Crippen molar-refractivity contribution in [3.8, 4) is 0 Å². The molecule has 0 bridgehead atoms. The van der Waals surface area contributed by atoms with Crippen LogP contribution in [0.3, 0.4) is 0 Å². The molecule has 0 saturated carbocycles. The Bertz CT molecular complexity index is 892. The standard InChI is InChI=1S/C15H11ClN2O2S/c16-8-7-13(19)17-12-6-5-11-14(18-12)15(20)9-3-1-2-4-10(9)21-11/h1-6H,7-8H2,(H,17,18,19). The van der Waals surface area contributed by atoms with Crippen molar-refractivity contribution in [2.24, 2.45) is 0 Å². The maximum atomic E-state index is 12.5. The van der Waals surface area contributed by atoms with Gasteiger partial charge in [0.15, 0.2) is 0 Å². The number of benzene rings is 1. The van der Waals surface area contributed by atoms with E-state index in [4.69, 9.17) is 11.6 Å². The smallest absolute Gasteiger partial charge is 0.226 e. The van der Waals surface area contributed by atoms with Crippen molar-refractivity contribution in [1.82, 2.24) is 4.98 Å². The van der Waals surface area contributed by atoms with E-state index in [0.29, 0.717) is 16.7 Å². The summed E-state index contributed by atoms with van der Waals surface area (Å²) in [6, 6.07) is 10.9. The van der Waals surface area contributed by atoms with Crippen molar-refractivity contribution >= 4 is 55.0 Å². The molecule has 0 fully saturated rings. The minimum atomic E-state index is -0.214. The lowest BCUT2D eigenvalue weighted by Crippen LogP contribution is -2.13. The molecular weight excluding hydrogens is 308 g/mol. The Morgan fingerprint density at radius 2 is 2.00 bits per heavy atom. The third kappa shape index (κ3) is 2.75. The van der Waals surface area contributed by atoms with Gasteiger partial charge in [0.1, 0.15) is 11.3 Å². The van der Waals surface area contributed by atoms with Gasteiger partial charge in [-0.25, -0.2) is 4.98 Å². The highest BCUT2D eigenvalue weighted by Gasteiger charge is 2.09. The molecule has 0 saturated heterocycles. The first-order valence-electron chi connectivity index (χ1n) is 6.37. The fourth-order valence-corrected chi connectivity index (χ4v) is 3.24. The third-order valence-corrected chi connectivity index (χ3v) is 4.33. The van der Waals surface area contributed by atoms with Gasteiger partial charge in [-0.1, -0.05) is 12.1 Å². The van der Waals surface area contributed by atoms with E-state index in [2.05, 4.69) is 10.3 Å². The normalized spacial score (nSPS) is 10.9. The molecule has 3 rings (SSSR count). The van der Waals surface area contributed by atoms with E-state index in [1.165, 1.54) is 11.3 Å². The van der Waals surface area contributed by atoms with Crippen molar-refractivity contribution in [2.45, 2.75) is 6.42 Å². The lowest BCUT2D eigenvalue weighted by molar-refractivity contribution is -0.115. The average Bonchev–Trinajstić information content (AvgIpc) is 2.48. The van der Waals surface area contributed by atoms with E-state index in [1.54, 1.807) is 18.2 Å².